The Morgan fingerprint density at radius 2 is 1.86 bits per heavy atom. The van der Waals surface area contributed by atoms with Crippen molar-refractivity contribution in [1.29, 1.82) is 0 Å². The molecule has 1 saturated heterocycles. The van der Waals surface area contributed by atoms with E-state index in [1.165, 1.54) is 13.2 Å². The molecule has 1 aromatic rings. The van der Waals surface area contributed by atoms with Gasteiger partial charge < -0.3 is 20.3 Å². The zero-order valence-electron chi connectivity index (χ0n) is 12.4. The van der Waals surface area contributed by atoms with E-state index in [4.69, 9.17) is 10.5 Å². The minimum atomic E-state index is -0.625. The normalized spacial score (nSPS) is 15.6. The van der Waals surface area contributed by atoms with Crippen LogP contribution in [0.2, 0.25) is 0 Å². The van der Waals surface area contributed by atoms with Gasteiger partial charge in [-0.05, 0) is 12.1 Å². The molecule has 1 unspecified atom stereocenters. The second kappa shape index (κ2) is 9.84. The molecule has 1 heterocycles. The molecule has 2 N–H and O–H groups in total. The number of para-hydroxylation sites is 1. The summed E-state index contributed by atoms with van der Waals surface area (Å²) in [5.74, 6) is -0.344. The molecule has 0 radical (unpaired) electrons. The van der Waals surface area contributed by atoms with E-state index >= 15 is 0 Å². The minimum absolute atomic E-state index is 0. The van der Waals surface area contributed by atoms with Gasteiger partial charge in [-0.3, -0.25) is 4.79 Å². The first-order chi connectivity index (χ1) is 9.63. The summed E-state index contributed by atoms with van der Waals surface area (Å²) in [5.41, 5.74) is 6.32. The summed E-state index contributed by atoms with van der Waals surface area (Å²) in [6, 6.07) is 6.05. The second-order valence-electron chi connectivity index (χ2n) is 4.83. The molecule has 1 fully saturated rings. The summed E-state index contributed by atoms with van der Waals surface area (Å²) < 4.78 is 18.6. The minimum Gasteiger partial charge on any atom is -0.383 e. The van der Waals surface area contributed by atoms with Crippen molar-refractivity contribution >= 4 is 36.4 Å². The van der Waals surface area contributed by atoms with E-state index in [-0.39, 0.29) is 43.1 Å². The maximum absolute atomic E-state index is 13.7. The molecule has 1 aliphatic heterocycles. The number of nitrogens with zero attached hydrogens (tertiary/aromatic N) is 2. The van der Waals surface area contributed by atoms with E-state index in [0.717, 1.165) is 0 Å². The Bertz CT molecular complexity index is 471. The van der Waals surface area contributed by atoms with Gasteiger partial charge in [0.2, 0.25) is 5.91 Å². The number of nitrogens with two attached hydrogens (primary N) is 1. The average molecular weight is 354 g/mol. The van der Waals surface area contributed by atoms with Gasteiger partial charge in [0.15, 0.2) is 0 Å². The number of hydrogen-bond donors (Lipinski definition) is 1. The number of ether oxygens (including phenoxy) is 1. The zero-order chi connectivity index (χ0) is 14.5. The number of methoxy groups -OCH3 is 1. The number of hydrogen-bond acceptors (Lipinski definition) is 4. The van der Waals surface area contributed by atoms with Crippen LogP contribution in [-0.2, 0) is 9.53 Å². The van der Waals surface area contributed by atoms with E-state index in [9.17, 15) is 9.18 Å². The molecule has 0 aromatic heterocycles. The number of rotatable bonds is 4. The molecule has 1 atom stereocenters. The van der Waals surface area contributed by atoms with Crippen molar-refractivity contribution in [3.63, 3.8) is 0 Å². The number of piperazine rings is 1. The van der Waals surface area contributed by atoms with Crippen LogP contribution in [0.5, 0.6) is 0 Å². The SMILES string of the molecule is COCC(N)C(=O)N1CCN(c2ccccc2F)CC1.Cl.Cl. The summed E-state index contributed by atoms with van der Waals surface area (Å²) >= 11 is 0. The van der Waals surface area contributed by atoms with Crippen molar-refractivity contribution in [1.82, 2.24) is 4.90 Å². The maximum Gasteiger partial charge on any atom is 0.241 e. The van der Waals surface area contributed by atoms with Gasteiger partial charge in [-0.2, -0.15) is 0 Å². The number of anilines is 1. The van der Waals surface area contributed by atoms with Gasteiger partial charge in [-0.15, -0.1) is 24.8 Å². The molecule has 2 rings (SSSR count). The predicted octanol–water partition coefficient (Wildman–Crippen LogP) is 1.29. The molecular weight excluding hydrogens is 332 g/mol. The standard InChI is InChI=1S/C14H20FN3O2.2ClH/c1-20-10-12(16)14(19)18-8-6-17(7-9-18)13-5-3-2-4-11(13)15;;/h2-5,12H,6-10,16H2,1H3;2*1H. The number of carbonyl (C=O) groups excluding carboxylic acids is 1. The molecule has 0 saturated carbocycles. The van der Waals surface area contributed by atoms with Crippen LogP contribution >= 0.6 is 24.8 Å². The van der Waals surface area contributed by atoms with Crippen molar-refractivity contribution in [2.24, 2.45) is 5.73 Å². The Morgan fingerprint density at radius 1 is 1.27 bits per heavy atom. The maximum atomic E-state index is 13.7. The first-order valence-electron chi connectivity index (χ1n) is 6.66. The van der Waals surface area contributed by atoms with Crippen LogP contribution in [0.1, 0.15) is 0 Å². The molecule has 0 aliphatic carbocycles. The Balaban J connectivity index is 0.00000220. The van der Waals surface area contributed by atoms with Crippen LogP contribution in [0, 0.1) is 5.82 Å². The summed E-state index contributed by atoms with van der Waals surface area (Å²) in [7, 11) is 1.52. The van der Waals surface area contributed by atoms with Crippen LogP contribution < -0.4 is 10.6 Å². The van der Waals surface area contributed by atoms with E-state index < -0.39 is 6.04 Å². The Labute approximate surface area is 142 Å². The Kier molecular flexibility index (Phi) is 9.36. The molecular formula is C14H22Cl2FN3O2. The first kappa shape index (κ1) is 20.9. The third-order valence-corrected chi connectivity index (χ3v) is 3.45. The van der Waals surface area contributed by atoms with Crippen LogP contribution in [0.15, 0.2) is 24.3 Å². The Hall–Kier alpha value is -1.08. The van der Waals surface area contributed by atoms with Crippen LogP contribution in [0.3, 0.4) is 0 Å². The summed E-state index contributed by atoms with van der Waals surface area (Å²) in [4.78, 5) is 15.7. The molecule has 5 nitrogen and oxygen atoms in total. The third-order valence-electron chi connectivity index (χ3n) is 3.45. The highest BCUT2D eigenvalue weighted by atomic mass is 35.5. The van der Waals surface area contributed by atoms with Gasteiger partial charge in [0.05, 0.1) is 12.3 Å². The molecule has 1 amide bonds. The van der Waals surface area contributed by atoms with Crippen molar-refractivity contribution in [2.45, 2.75) is 6.04 Å². The smallest absolute Gasteiger partial charge is 0.241 e. The summed E-state index contributed by atoms with van der Waals surface area (Å²) in [6.07, 6.45) is 0. The van der Waals surface area contributed by atoms with Gasteiger partial charge in [0.25, 0.3) is 0 Å². The molecule has 0 bridgehead atoms. The van der Waals surface area contributed by atoms with Crippen molar-refractivity contribution < 1.29 is 13.9 Å². The van der Waals surface area contributed by atoms with Gasteiger partial charge in [0, 0.05) is 33.3 Å². The first-order valence-corrected chi connectivity index (χ1v) is 6.66. The van der Waals surface area contributed by atoms with E-state index in [2.05, 4.69) is 0 Å². The van der Waals surface area contributed by atoms with E-state index in [1.54, 1.807) is 17.0 Å². The highest BCUT2D eigenvalue weighted by Crippen LogP contribution is 2.20. The largest absolute Gasteiger partial charge is 0.383 e. The van der Waals surface area contributed by atoms with Crippen molar-refractivity contribution in [3.05, 3.63) is 30.1 Å². The topological polar surface area (TPSA) is 58.8 Å². The van der Waals surface area contributed by atoms with Gasteiger partial charge in [-0.1, -0.05) is 12.1 Å². The van der Waals surface area contributed by atoms with Crippen LogP contribution in [0.25, 0.3) is 0 Å². The predicted molar refractivity (Wildman–Crippen MR) is 89.5 cm³/mol. The summed E-state index contributed by atoms with van der Waals surface area (Å²) in [6.45, 7) is 2.51. The molecule has 1 aromatic carbocycles. The van der Waals surface area contributed by atoms with Gasteiger partial charge in [0.1, 0.15) is 11.9 Å². The lowest BCUT2D eigenvalue weighted by Gasteiger charge is -2.37. The lowest BCUT2D eigenvalue weighted by Crippen LogP contribution is -2.54. The fourth-order valence-electron chi connectivity index (χ4n) is 2.36. The number of halogens is 3. The van der Waals surface area contributed by atoms with Crippen molar-refractivity contribution in [3.8, 4) is 0 Å². The summed E-state index contributed by atoms with van der Waals surface area (Å²) in [5, 5.41) is 0. The van der Waals surface area contributed by atoms with Crippen LogP contribution in [-0.4, -0.2) is 56.7 Å². The van der Waals surface area contributed by atoms with E-state index in [0.29, 0.717) is 31.9 Å². The lowest BCUT2D eigenvalue weighted by molar-refractivity contribution is -0.134. The molecule has 126 valence electrons. The Morgan fingerprint density at radius 3 is 2.41 bits per heavy atom. The van der Waals surface area contributed by atoms with Gasteiger partial charge in [-0.25, -0.2) is 4.39 Å². The van der Waals surface area contributed by atoms with Crippen molar-refractivity contribution in [2.75, 3.05) is 44.8 Å². The molecule has 8 heteroatoms. The quantitative estimate of drug-likeness (QED) is 0.885. The zero-order valence-corrected chi connectivity index (χ0v) is 14.0. The fraction of sp³-hybridized carbons (Fsp3) is 0.500. The molecule has 0 spiro atoms. The van der Waals surface area contributed by atoms with E-state index in [1.807, 2.05) is 11.0 Å². The molecule has 22 heavy (non-hydrogen) atoms. The third kappa shape index (κ3) is 4.98. The fourth-order valence-corrected chi connectivity index (χ4v) is 2.36. The number of benzene rings is 1. The lowest BCUT2D eigenvalue weighted by atomic mass is 10.2. The molecule has 1 aliphatic rings. The van der Waals surface area contributed by atoms with Crippen LogP contribution in [0.4, 0.5) is 10.1 Å². The second-order valence-corrected chi connectivity index (χ2v) is 4.83. The highest BCUT2D eigenvalue weighted by Gasteiger charge is 2.25. The van der Waals surface area contributed by atoms with Gasteiger partial charge >= 0.3 is 0 Å². The highest BCUT2D eigenvalue weighted by molar-refractivity contribution is 5.85. The monoisotopic (exact) mass is 353 g/mol. The number of amides is 1. The number of carbonyl (C=O) groups is 1. The average Bonchev–Trinajstić information content (AvgIpc) is 2.47.